The smallest absolute Gasteiger partial charge is 0.262 e. The van der Waals surface area contributed by atoms with Crippen LogP contribution in [0.25, 0.3) is 0 Å². The van der Waals surface area contributed by atoms with Crippen molar-refractivity contribution in [3.05, 3.63) is 53.3 Å². The number of hydrogen-bond donors (Lipinski definition) is 2. The first-order valence-electron chi connectivity index (χ1n) is 6.41. The first kappa shape index (κ1) is 15.3. The van der Waals surface area contributed by atoms with E-state index in [9.17, 15) is 12.8 Å². The van der Waals surface area contributed by atoms with E-state index < -0.39 is 15.8 Å². The Balaban J connectivity index is 2.45. The molecule has 4 nitrogen and oxygen atoms in total. The molecule has 21 heavy (non-hydrogen) atoms. The second kappa shape index (κ2) is 5.73. The molecular formula is C15H17FN2O2S. The Labute approximate surface area is 124 Å². The van der Waals surface area contributed by atoms with Crippen molar-refractivity contribution in [2.45, 2.75) is 18.7 Å². The maximum absolute atomic E-state index is 13.2. The predicted molar refractivity (Wildman–Crippen MR) is 82.7 cm³/mol. The highest BCUT2D eigenvalue weighted by atomic mass is 32.2. The van der Waals surface area contributed by atoms with Crippen LogP contribution in [0, 0.1) is 19.7 Å². The largest absolute Gasteiger partial charge is 0.388 e. The Kier molecular flexibility index (Phi) is 4.18. The molecule has 0 saturated heterocycles. The number of benzene rings is 2. The average molecular weight is 308 g/mol. The van der Waals surface area contributed by atoms with Crippen LogP contribution in [-0.4, -0.2) is 15.5 Å². The zero-order valence-corrected chi connectivity index (χ0v) is 12.9. The van der Waals surface area contributed by atoms with Gasteiger partial charge in [0.2, 0.25) is 0 Å². The summed E-state index contributed by atoms with van der Waals surface area (Å²) in [6.45, 7) is 3.46. The summed E-state index contributed by atoms with van der Waals surface area (Å²) in [4.78, 5) is 0.214. The summed E-state index contributed by atoms with van der Waals surface area (Å²) < 4.78 is 40.6. The molecule has 0 fully saturated rings. The van der Waals surface area contributed by atoms with Gasteiger partial charge < -0.3 is 5.32 Å². The lowest BCUT2D eigenvalue weighted by molar-refractivity contribution is 0.600. The fourth-order valence-corrected chi connectivity index (χ4v) is 3.78. The lowest BCUT2D eigenvalue weighted by atomic mass is 10.1. The average Bonchev–Trinajstić information content (AvgIpc) is 2.36. The van der Waals surface area contributed by atoms with E-state index in [0.29, 0.717) is 11.1 Å². The molecule has 0 aromatic heterocycles. The van der Waals surface area contributed by atoms with Gasteiger partial charge in [0.05, 0.1) is 10.6 Å². The molecule has 2 aromatic carbocycles. The van der Waals surface area contributed by atoms with Gasteiger partial charge in [-0.05, 0) is 55.3 Å². The summed E-state index contributed by atoms with van der Waals surface area (Å²) in [5.74, 6) is -0.492. The van der Waals surface area contributed by atoms with E-state index in [4.69, 9.17) is 0 Å². The maximum Gasteiger partial charge on any atom is 0.262 e. The molecule has 112 valence electrons. The SMILES string of the molecule is CNc1cc(C)c(S(=O)(=O)Nc2cccc(F)c2)c(C)c1. The quantitative estimate of drug-likeness (QED) is 0.911. The minimum absolute atomic E-state index is 0.200. The third kappa shape index (κ3) is 3.33. The lowest BCUT2D eigenvalue weighted by Gasteiger charge is -2.14. The van der Waals surface area contributed by atoms with Crippen molar-refractivity contribution in [3.63, 3.8) is 0 Å². The van der Waals surface area contributed by atoms with Gasteiger partial charge in [-0.1, -0.05) is 6.07 Å². The van der Waals surface area contributed by atoms with Crippen LogP contribution in [-0.2, 0) is 10.0 Å². The summed E-state index contributed by atoms with van der Waals surface area (Å²) in [6, 6.07) is 8.88. The molecule has 6 heteroatoms. The number of aryl methyl sites for hydroxylation is 2. The van der Waals surface area contributed by atoms with Gasteiger partial charge in [0, 0.05) is 12.7 Å². The fourth-order valence-electron chi connectivity index (χ4n) is 2.28. The summed E-state index contributed by atoms with van der Waals surface area (Å²) >= 11 is 0. The number of hydrogen-bond acceptors (Lipinski definition) is 3. The van der Waals surface area contributed by atoms with Crippen LogP contribution < -0.4 is 10.0 Å². The third-order valence-electron chi connectivity index (χ3n) is 3.09. The van der Waals surface area contributed by atoms with Crippen LogP contribution in [0.2, 0.25) is 0 Å². The molecule has 0 aliphatic heterocycles. The van der Waals surface area contributed by atoms with E-state index >= 15 is 0 Å². The molecule has 2 N–H and O–H groups in total. The molecule has 0 aliphatic rings. The molecule has 2 aromatic rings. The molecular weight excluding hydrogens is 291 g/mol. The number of sulfonamides is 1. The third-order valence-corrected chi connectivity index (χ3v) is 4.78. The van der Waals surface area contributed by atoms with Crippen molar-refractivity contribution in [2.24, 2.45) is 0 Å². The van der Waals surface area contributed by atoms with Crippen molar-refractivity contribution in [1.29, 1.82) is 0 Å². The summed E-state index contributed by atoms with van der Waals surface area (Å²) in [5, 5.41) is 2.98. The molecule has 0 bridgehead atoms. The molecule has 0 atom stereocenters. The van der Waals surface area contributed by atoms with E-state index in [1.54, 1.807) is 33.0 Å². The van der Waals surface area contributed by atoms with E-state index in [1.807, 2.05) is 0 Å². The van der Waals surface area contributed by atoms with Crippen LogP contribution >= 0.6 is 0 Å². The summed E-state index contributed by atoms with van der Waals surface area (Å²) in [6.07, 6.45) is 0. The normalized spacial score (nSPS) is 11.2. The van der Waals surface area contributed by atoms with Crippen LogP contribution in [0.4, 0.5) is 15.8 Å². The first-order valence-corrected chi connectivity index (χ1v) is 7.89. The van der Waals surface area contributed by atoms with Gasteiger partial charge in [-0.25, -0.2) is 12.8 Å². The fraction of sp³-hybridized carbons (Fsp3) is 0.200. The number of halogens is 1. The molecule has 0 saturated carbocycles. The lowest BCUT2D eigenvalue weighted by Crippen LogP contribution is -2.16. The standard InChI is InChI=1S/C15H17FN2O2S/c1-10-7-14(17-3)8-11(2)15(10)21(19,20)18-13-6-4-5-12(16)9-13/h4-9,17-18H,1-3H3. The van der Waals surface area contributed by atoms with Gasteiger partial charge in [-0.3, -0.25) is 4.72 Å². The van der Waals surface area contributed by atoms with Gasteiger partial charge in [-0.2, -0.15) is 0 Å². The van der Waals surface area contributed by atoms with Gasteiger partial charge in [0.25, 0.3) is 10.0 Å². The Bertz CT molecular complexity index is 750. The molecule has 0 amide bonds. The highest BCUT2D eigenvalue weighted by molar-refractivity contribution is 7.92. The summed E-state index contributed by atoms with van der Waals surface area (Å²) in [7, 11) is -1.99. The van der Waals surface area contributed by atoms with Crippen LogP contribution in [0.1, 0.15) is 11.1 Å². The number of rotatable bonds is 4. The highest BCUT2D eigenvalue weighted by Gasteiger charge is 2.20. The number of anilines is 2. The Hall–Kier alpha value is -2.08. The number of nitrogens with one attached hydrogen (secondary N) is 2. The minimum Gasteiger partial charge on any atom is -0.388 e. The van der Waals surface area contributed by atoms with Crippen molar-refractivity contribution in [1.82, 2.24) is 0 Å². The van der Waals surface area contributed by atoms with E-state index in [1.165, 1.54) is 18.2 Å². The second-order valence-electron chi connectivity index (χ2n) is 4.81. The zero-order valence-electron chi connectivity index (χ0n) is 12.1. The van der Waals surface area contributed by atoms with Gasteiger partial charge in [0.1, 0.15) is 5.82 Å². The van der Waals surface area contributed by atoms with Crippen LogP contribution in [0.5, 0.6) is 0 Å². The Morgan fingerprint density at radius 3 is 2.14 bits per heavy atom. The van der Waals surface area contributed by atoms with Crippen molar-refractivity contribution >= 4 is 21.4 Å². The monoisotopic (exact) mass is 308 g/mol. The maximum atomic E-state index is 13.2. The predicted octanol–water partition coefficient (Wildman–Crippen LogP) is 3.29. The first-order chi connectivity index (χ1) is 9.83. The van der Waals surface area contributed by atoms with E-state index in [-0.39, 0.29) is 10.6 Å². The molecule has 0 aliphatic carbocycles. The molecule has 0 radical (unpaired) electrons. The topological polar surface area (TPSA) is 58.2 Å². The molecule has 2 rings (SSSR count). The molecule has 0 unspecified atom stereocenters. The molecule has 0 spiro atoms. The van der Waals surface area contributed by atoms with Gasteiger partial charge in [-0.15, -0.1) is 0 Å². The van der Waals surface area contributed by atoms with Crippen molar-refractivity contribution in [3.8, 4) is 0 Å². The second-order valence-corrected chi connectivity index (χ2v) is 6.42. The van der Waals surface area contributed by atoms with Gasteiger partial charge in [0.15, 0.2) is 0 Å². The van der Waals surface area contributed by atoms with Crippen LogP contribution in [0.3, 0.4) is 0 Å². The van der Waals surface area contributed by atoms with E-state index in [2.05, 4.69) is 10.0 Å². The van der Waals surface area contributed by atoms with Crippen molar-refractivity contribution < 1.29 is 12.8 Å². The van der Waals surface area contributed by atoms with Crippen LogP contribution in [0.15, 0.2) is 41.3 Å². The zero-order chi connectivity index (χ0) is 15.6. The Morgan fingerprint density at radius 2 is 1.62 bits per heavy atom. The van der Waals surface area contributed by atoms with Gasteiger partial charge >= 0.3 is 0 Å². The summed E-state index contributed by atoms with van der Waals surface area (Å²) in [5.41, 5.74) is 2.30. The minimum atomic E-state index is -3.76. The highest BCUT2D eigenvalue weighted by Crippen LogP contribution is 2.26. The Morgan fingerprint density at radius 1 is 1.00 bits per heavy atom. The molecule has 0 heterocycles. The van der Waals surface area contributed by atoms with Crippen molar-refractivity contribution in [2.75, 3.05) is 17.1 Å². The van der Waals surface area contributed by atoms with E-state index in [0.717, 1.165) is 11.8 Å².